The Morgan fingerprint density at radius 1 is 1.00 bits per heavy atom. The minimum absolute atomic E-state index is 0.0364. The van der Waals surface area contributed by atoms with Crippen molar-refractivity contribution in [2.75, 3.05) is 39.9 Å². The van der Waals surface area contributed by atoms with Crippen LogP contribution in [0.4, 0.5) is 0 Å². The van der Waals surface area contributed by atoms with Crippen LogP contribution >= 0.6 is 11.3 Å². The number of benzene rings is 3. The Morgan fingerprint density at radius 2 is 1.80 bits per heavy atom. The van der Waals surface area contributed by atoms with E-state index in [0.717, 1.165) is 83.0 Å². The first-order valence-corrected chi connectivity index (χ1v) is 15.8. The quantitative estimate of drug-likeness (QED) is 0.216. The summed E-state index contributed by atoms with van der Waals surface area (Å²) in [7, 11) is 1.69. The average molecular weight is 569 g/mol. The Kier molecular flexibility index (Phi) is 8.54. The van der Waals surface area contributed by atoms with Crippen molar-refractivity contribution in [3.8, 4) is 16.2 Å². The zero-order chi connectivity index (χ0) is 28.3. The fourth-order valence-corrected chi connectivity index (χ4v) is 7.77. The number of carbonyl (C=O) groups is 1. The van der Waals surface area contributed by atoms with E-state index in [4.69, 9.17) is 4.74 Å². The molecule has 0 bridgehead atoms. The second-order valence-electron chi connectivity index (χ2n) is 11.6. The van der Waals surface area contributed by atoms with E-state index in [9.17, 15) is 9.90 Å². The third-order valence-electron chi connectivity index (χ3n) is 8.83. The lowest BCUT2D eigenvalue weighted by Crippen LogP contribution is -2.33. The minimum atomic E-state index is 0.0364. The van der Waals surface area contributed by atoms with Crippen molar-refractivity contribution in [1.29, 1.82) is 0 Å². The van der Waals surface area contributed by atoms with Crippen molar-refractivity contribution < 1.29 is 14.6 Å². The number of ketones is 1. The van der Waals surface area contributed by atoms with Crippen molar-refractivity contribution in [3.63, 3.8) is 0 Å². The van der Waals surface area contributed by atoms with Crippen molar-refractivity contribution in [3.05, 3.63) is 88.5 Å². The number of aliphatic hydroxyl groups excluding tert-OH is 1. The SMILES string of the molecule is COc1cc(C(=O)c2c(-c3ccc(CCN4CCCC4CO)cc3)sc3cc(C)ccc23)ccc1CN1CCCC1. The number of hydrogen-bond acceptors (Lipinski definition) is 6. The second-order valence-corrected chi connectivity index (χ2v) is 12.7. The molecule has 214 valence electrons. The molecule has 2 fully saturated rings. The largest absolute Gasteiger partial charge is 0.496 e. The van der Waals surface area contributed by atoms with Gasteiger partial charge in [0.2, 0.25) is 0 Å². The monoisotopic (exact) mass is 568 g/mol. The summed E-state index contributed by atoms with van der Waals surface area (Å²) in [6.07, 6.45) is 5.70. The summed E-state index contributed by atoms with van der Waals surface area (Å²) in [5.74, 6) is 0.819. The summed E-state index contributed by atoms with van der Waals surface area (Å²) in [5, 5.41) is 10.7. The fraction of sp³-hybridized carbons (Fsp3) is 0.400. The number of fused-ring (bicyclic) bond motifs is 1. The molecule has 5 nitrogen and oxygen atoms in total. The number of nitrogens with zero attached hydrogens (tertiary/aromatic N) is 2. The van der Waals surface area contributed by atoms with Crippen molar-refractivity contribution in [2.24, 2.45) is 0 Å². The summed E-state index contributed by atoms with van der Waals surface area (Å²) < 4.78 is 6.91. The lowest BCUT2D eigenvalue weighted by molar-refractivity contribution is 0.104. The molecule has 0 amide bonds. The van der Waals surface area contributed by atoms with E-state index in [2.05, 4.69) is 65.3 Å². The third-order valence-corrected chi connectivity index (χ3v) is 10.0. The number of carbonyl (C=O) groups excluding carboxylic acids is 1. The number of hydrogen-bond donors (Lipinski definition) is 1. The first kappa shape index (κ1) is 28.1. The van der Waals surface area contributed by atoms with Crippen molar-refractivity contribution in [2.45, 2.75) is 51.6 Å². The zero-order valence-corrected chi connectivity index (χ0v) is 25.0. The average Bonchev–Trinajstić information content (AvgIpc) is 3.76. The minimum Gasteiger partial charge on any atom is -0.496 e. The highest BCUT2D eigenvalue weighted by Crippen LogP contribution is 2.41. The van der Waals surface area contributed by atoms with Crippen LogP contribution in [0.3, 0.4) is 0 Å². The molecular formula is C35H40N2O3S. The van der Waals surface area contributed by atoms with Crippen LogP contribution in [0.5, 0.6) is 5.75 Å². The molecule has 0 aliphatic carbocycles. The van der Waals surface area contributed by atoms with Gasteiger partial charge in [-0.25, -0.2) is 0 Å². The Hall–Kier alpha value is -3.03. The molecule has 0 radical (unpaired) electrons. The van der Waals surface area contributed by atoms with Crippen LogP contribution in [0, 0.1) is 6.92 Å². The number of aliphatic hydroxyl groups is 1. The summed E-state index contributed by atoms with van der Waals surface area (Å²) in [5.41, 5.74) is 6.11. The van der Waals surface area contributed by atoms with Crippen LogP contribution in [0.25, 0.3) is 20.5 Å². The van der Waals surface area contributed by atoms with Gasteiger partial charge in [0.25, 0.3) is 0 Å². The number of ether oxygens (including phenoxy) is 1. The highest BCUT2D eigenvalue weighted by Gasteiger charge is 2.25. The molecular weight excluding hydrogens is 528 g/mol. The van der Waals surface area contributed by atoms with Gasteiger partial charge in [0.15, 0.2) is 5.78 Å². The number of thiophene rings is 1. The van der Waals surface area contributed by atoms with E-state index in [0.29, 0.717) is 11.6 Å². The lowest BCUT2D eigenvalue weighted by atomic mass is 9.95. The van der Waals surface area contributed by atoms with Crippen LogP contribution in [-0.2, 0) is 13.0 Å². The summed E-state index contributed by atoms with van der Waals surface area (Å²) >= 11 is 1.70. The van der Waals surface area contributed by atoms with Gasteiger partial charge in [-0.15, -0.1) is 11.3 Å². The summed E-state index contributed by atoms with van der Waals surface area (Å²) in [6, 6.07) is 21.4. The van der Waals surface area contributed by atoms with Crippen LogP contribution in [-0.4, -0.2) is 66.6 Å². The molecule has 1 unspecified atom stereocenters. The zero-order valence-electron chi connectivity index (χ0n) is 24.2. The number of rotatable bonds is 10. The van der Waals surface area contributed by atoms with E-state index >= 15 is 0 Å². The smallest absolute Gasteiger partial charge is 0.195 e. The van der Waals surface area contributed by atoms with Gasteiger partial charge in [-0.05, 0) is 87.5 Å². The molecule has 0 spiro atoms. The molecule has 2 aliphatic rings. The van der Waals surface area contributed by atoms with E-state index in [1.54, 1.807) is 18.4 Å². The van der Waals surface area contributed by atoms with Crippen molar-refractivity contribution >= 4 is 27.2 Å². The molecule has 4 aromatic rings. The molecule has 2 saturated heterocycles. The van der Waals surface area contributed by atoms with E-state index in [1.807, 2.05) is 12.1 Å². The number of likely N-dealkylation sites (tertiary alicyclic amines) is 2. The molecule has 1 N–H and O–H groups in total. The molecule has 1 aromatic heterocycles. The van der Waals surface area contributed by atoms with Gasteiger partial charge in [0.05, 0.1) is 13.7 Å². The Bertz CT molecular complexity index is 1520. The van der Waals surface area contributed by atoms with Gasteiger partial charge < -0.3 is 9.84 Å². The first-order valence-electron chi connectivity index (χ1n) is 15.0. The van der Waals surface area contributed by atoms with E-state index < -0.39 is 0 Å². The topological polar surface area (TPSA) is 53.0 Å². The van der Waals surface area contributed by atoms with Crippen molar-refractivity contribution in [1.82, 2.24) is 9.80 Å². The molecule has 41 heavy (non-hydrogen) atoms. The second kappa shape index (κ2) is 12.5. The third kappa shape index (κ3) is 5.98. The molecule has 6 heteroatoms. The predicted octanol–water partition coefficient (Wildman–Crippen LogP) is 6.71. The first-order chi connectivity index (χ1) is 20.0. The molecule has 2 aliphatic heterocycles. The molecule has 0 saturated carbocycles. The van der Waals surface area contributed by atoms with Gasteiger partial charge in [-0.3, -0.25) is 14.6 Å². The summed E-state index contributed by atoms with van der Waals surface area (Å²) in [6.45, 7) is 7.47. The van der Waals surface area contributed by atoms with Crippen LogP contribution in [0.15, 0.2) is 60.7 Å². The predicted molar refractivity (Wildman–Crippen MR) is 168 cm³/mol. The summed E-state index contributed by atoms with van der Waals surface area (Å²) in [4.78, 5) is 20.1. The number of aryl methyl sites for hydroxylation is 1. The highest BCUT2D eigenvalue weighted by atomic mass is 32.1. The van der Waals surface area contributed by atoms with Gasteiger partial charge in [-0.1, -0.05) is 48.5 Å². The van der Waals surface area contributed by atoms with Gasteiger partial charge in [-0.2, -0.15) is 0 Å². The van der Waals surface area contributed by atoms with Crippen LogP contribution in [0.2, 0.25) is 0 Å². The highest BCUT2D eigenvalue weighted by molar-refractivity contribution is 7.22. The molecule has 3 heterocycles. The van der Waals surface area contributed by atoms with Crippen LogP contribution in [0.1, 0.15) is 58.3 Å². The van der Waals surface area contributed by atoms with Gasteiger partial charge in [0, 0.05) is 50.8 Å². The molecule has 6 rings (SSSR count). The standard InChI is InChI=1S/C35H40N2O3S/c1-24-7-14-30-32(20-24)41-35(26-10-8-25(9-11-26)15-19-37-18-5-6-29(37)23-38)33(30)34(39)27-12-13-28(31(21-27)40-2)22-36-16-3-4-17-36/h7-14,20-21,29,38H,3-6,15-19,22-23H2,1-2H3. The maximum absolute atomic E-state index is 14.2. The Labute approximate surface area is 247 Å². The Morgan fingerprint density at radius 3 is 2.56 bits per heavy atom. The van der Waals surface area contributed by atoms with Gasteiger partial charge in [0.1, 0.15) is 5.75 Å². The van der Waals surface area contributed by atoms with Crippen LogP contribution < -0.4 is 4.74 Å². The molecule has 3 aromatic carbocycles. The number of methoxy groups -OCH3 is 1. The maximum Gasteiger partial charge on any atom is 0.195 e. The Balaban J connectivity index is 1.29. The molecule has 1 atom stereocenters. The fourth-order valence-electron chi connectivity index (χ4n) is 6.47. The lowest BCUT2D eigenvalue weighted by Gasteiger charge is -2.22. The maximum atomic E-state index is 14.2. The van der Waals surface area contributed by atoms with E-state index in [-0.39, 0.29) is 12.4 Å². The normalized spacial score (nSPS) is 18.0. The van der Waals surface area contributed by atoms with E-state index in [1.165, 1.54) is 30.4 Å². The van der Waals surface area contributed by atoms with Gasteiger partial charge >= 0.3 is 0 Å².